The van der Waals surface area contributed by atoms with Crippen LogP contribution in [-0.2, 0) is 4.74 Å². The number of hydrogen-bond donors (Lipinski definition) is 1. The number of anilines is 1. The van der Waals surface area contributed by atoms with Crippen LogP contribution in [-0.4, -0.2) is 29.3 Å². The summed E-state index contributed by atoms with van der Waals surface area (Å²) in [4.78, 5) is 18.4. The van der Waals surface area contributed by atoms with Gasteiger partial charge in [-0.2, -0.15) is 13.8 Å². The highest BCUT2D eigenvalue weighted by molar-refractivity contribution is 5.82. The number of carbonyl (C=O) groups excluding carboxylic acids is 1. The van der Waals surface area contributed by atoms with Crippen LogP contribution in [0.4, 0.5) is 19.5 Å². The molecule has 94 valence electrons. The molecule has 0 spiro atoms. The van der Waals surface area contributed by atoms with Crippen molar-refractivity contribution in [2.75, 3.05) is 11.9 Å². The van der Waals surface area contributed by atoms with E-state index in [1.54, 1.807) is 13.8 Å². The molecule has 0 aliphatic heterocycles. The van der Waals surface area contributed by atoms with Crippen LogP contribution in [0, 0.1) is 6.92 Å². The molecule has 0 aromatic carbocycles. The van der Waals surface area contributed by atoms with Gasteiger partial charge in [0.1, 0.15) is 0 Å². The Morgan fingerprint density at radius 2 is 2.24 bits per heavy atom. The number of aryl methyl sites for hydroxylation is 1. The van der Waals surface area contributed by atoms with E-state index in [1.807, 2.05) is 0 Å². The molecule has 1 heterocycles. The molecular weight excluding hydrogens is 236 g/mol. The summed E-state index contributed by atoms with van der Waals surface area (Å²) in [6.07, 6.45) is -0.763. The molecule has 1 N–H and O–H groups in total. The fraction of sp³-hybridized carbons (Fsp3) is 0.444. The van der Waals surface area contributed by atoms with Crippen molar-refractivity contribution in [2.45, 2.75) is 20.5 Å². The van der Waals surface area contributed by atoms with Crippen LogP contribution in [0.25, 0.3) is 0 Å². The SMILES string of the molecule is CCOC(=O)Nc1nc(C)cc(OC(F)F)n1. The summed E-state index contributed by atoms with van der Waals surface area (Å²) in [5.41, 5.74) is 0.377. The molecule has 0 atom stereocenters. The second-order valence-electron chi connectivity index (χ2n) is 2.90. The first-order valence-electron chi connectivity index (χ1n) is 4.75. The monoisotopic (exact) mass is 247 g/mol. The van der Waals surface area contributed by atoms with Gasteiger partial charge >= 0.3 is 12.7 Å². The van der Waals surface area contributed by atoms with Crippen molar-refractivity contribution >= 4 is 12.0 Å². The summed E-state index contributed by atoms with van der Waals surface area (Å²) in [7, 11) is 0. The highest BCUT2D eigenvalue weighted by Crippen LogP contribution is 2.14. The second kappa shape index (κ2) is 5.92. The third kappa shape index (κ3) is 4.58. The van der Waals surface area contributed by atoms with Gasteiger partial charge in [0.25, 0.3) is 0 Å². The van der Waals surface area contributed by atoms with Crippen molar-refractivity contribution < 1.29 is 23.0 Å². The van der Waals surface area contributed by atoms with Gasteiger partial charge in [-0.1, -0.05) is 0 Å². The molecule has 0 fully saturated rings. The minimum Gasteiger partial charge on any atom is -0.450 e. The van der Waals surface area contributed by atoms with Crippen molar-refractivity contribution in [3.05, 3.63) is 11.8 Å². The first kappa shape index (κ1) is 13.1. The topological polar surface area (TPSA) is 73.3 Å². The molecule has 0 saturated carbocycles. The average molecular weight is 247 g/mol. The van der Waals surface area contributed by atoms with Gasteiger partial charge in [0.05, 0.1) is 6.61 Å². The van der Waals surface area contributed by atoms with Crippen LogP contribution in [0.15, 0.2) is 6.07 Å². The Labute approximate surface area is 96.0 Å². The van der Waals surface area contributed by atoms with E-state index in [4.69, 9.17) is 0 Å². The molecule has 1 aromatic heterocycles. The molecule has 0 bridgehead atoms. The summed E-state index contributed by atoms with van der Waals surface area (Å²) < 4.78 is 32.6. The van der Waals surface area contributed by atoms with Gasteiger partial charge in [-0.15, -0.1) is 0 Å². The van der Waals surface area contributed by atoms with E-state index >= 15 is 0 Å². The number of carbonyl (C=O) groups is 1. The molecule has 8 heteroatoms. The zero-order valence-electron chi connectivity index (χ0n) is 9.24. The van der Waals surface area contributed by atoms with Gasteiger partial charge < -0.3 is 9.47 Å². The van der Waals surface area contributed by atoms with E-state index in [-0.39, 0.29) is 18.4 Å². The Balaban J connectivity index is 2.78. The predicted octanol–water partition coefficient (Wildman–Crippen LogP) is 1.95. The van der Waals surface area contributed by atoms with Gasteiger partial charge in [0, 0.05) is 11.8 Å². The molecule has 0 aliphatic carbocycles. The summed E-state index contributed by atoms with van der Waals surface area (Å²) in [5, 5.41) is 2.19. The zero-order chi connectivity index (χ0) is 12.8. The number of hydrogen-bond acceptors (Lipinski definition) is 5. The molecule has 0 unspecified atom stereocenters. The lowest BCUT2D eigenvalue weighted by atomic mass is 10.4. The number of alkyl halides is 2. The maximum absolute atomic E-state index is 12.0. The minimum absolute atomic E-state index is 0.154. The van der Waals surface area contributed by atoms with Gasteiger partial charge in [-0.3, -0.25) is 5.32 Å². The number of rotatable bonds is 4. The largest absolute Gasteiger partial charge is 0.450 e. The Hall–Kier alpha value is -1.99. The van der Waals surface area contributed by atoms with Crippen molar-refractivity contribution in [1.82, 2.24) is 9.97 Å². The van der Waals surface area contributed by atoms with Gasteiger partial charge in [0.15, 0.2) is 0 Å². The lowest BCUT2D eigenvalue weighted by Crippen LogP contribution is -2.16. The number of ether oxygens (including phenoxy) is 2. The fourth-order valence-electron chi connectivity index (χ4n) is 1.01. The Morgan fingerprint density at radius 3 is 2.82 bits per heavy atom. The summed E-state index contributed by atoms with van der Waals surface area (Å²) in [6, 6.07) is 1.22. The Kier molecular flexibility index (Phi) is 4.56. The van der Waals surface area contributed by atoms with E-state index in [9.17, 15) is 13.6 Å². The van der Waals surface area contributed by atoms with Gasteiger partial charge in [-0.05, 0) is 13.8 Å². The van der Waals surface area contributed by atoms with Crippen LogP contribution < -0.4 is 10.1 Å². The van der Waals surface area contributed by atoms with E-state index in [2.05, 4.69) is 24.8 Å². The van der Waals surface area contributed by atoms with E-state index < -0.39 is 12.7 Å². The lowest BCUT2D eigenvalue weighted by molar-refractivity contribution is -0.0528. The number of amides is 1. The number of nitrogens with zero attached hydrogens (tertiary/aromatic N) is 2. The number of halogens is 2. The van der Waals surface area contributed by atoms with E-state index in [0.29, 0.717) is 5.69 Å². The fourth-order valence-corrected chi connectivity index (χ4v) is 1.01. The van der Waals surface area contributed by atoms with Crippen molar-refractivity contribution in [1.29, 1.82) is 0 Å². The van der Waals surface area contributed by atoms with E-state index in [1.165, 1.54) is 6.07 Å². The third-order valence-corrected chi connectivity index (χ3v) is 1.53. The van der Waals surface area contributed by atoms with Crippen LogP contribution in [0.3, 0.4) is 0 Å². The van der Waals surface area contributed by atoms with E-state index in [0.717, 1.165) is 0 Å². The van der Waals surface area contributed by atoms with Gasteiger partial charge in [0.2, 0.25) is 11.8 Å². The molecule has 1 rings (SSSR count). The first-order chi connectivity index (χ1) is 8.01. The molecule has 0 radical (unpaired) electrons. The van der Waals surface area contributed by atoms with Crippen molar-refractivity contribution in [2.24, 2.45) is 0 Å². The highest BCUT2D eigenvalue weighted by Gasteiger charge is 2.10. The molecular formula is C9H11F2N3O3. The molecule has 17 heavy (non-hydrogen) atoms. The normalized spacial score (nSPS) is 10.2. The Bertz CT molecular complexity index is 401. The quantitative estimate of drug-likeness (QED) is 0.880. The average Bonchev–Trinajstić information content (AvgIpc) is 2.14. The maximum Gasteiger partial charge on any atom is 0.414 e. The smallest absolute Gasteiger partial charge is 0.414 e. The van der Waals surface area contributed by atoms with Crippen LogP contribution in [0.5, 0.6) is 5.88 Å². The second-order valence-corrected chi connectivity index (χ2v) is 2.90. The molecule has 1 amide bonds. The molecule has 1 aromatic rings. The molecule has 6 nitrogen and oxygen atoms in total. The summed E-state index contributed by atoms with van der Waals surface area (Å²) in [6.45, 7) is 0.371. The summed E-state index contributed by atoms with van der Waals surface area (Å²) in [5.74, 6) is -0.474. The lowest BCUT2D eigenvalue weighted by Gasteiger charge is -2.07. The highest BCUT2D eigenvalue weighted by atomic mass is 19.3. The zero-order valence-corrected chi connectivity index (χ0v) is 9.24. The Morgan fingerprint density at radius 1 is 1.53 bits per heavy atom. The number of aromatic nitrogens is 2. The first-order valence-corrected chi connectivity index (χ1v) is 4.75. The third-order valence-electron chi connectivity index (χ3n) is 1.53. The van der Waals surface area contributed by atoms with Crippen molar-refractivity contribution in [3.8, 4) is 5.88 Å². The van der Waals surface area contributed by atoms with Crippen LogP contribution in [0.2, 0.25) is 0 Å². The predicted molar refractivity (Wildman–Crippen MR) is 54.0 cm³/mol. The standard InChI is InChI=1S/C9H11F2N3O3/c1-3-16-9(15)14-8-12-5(2)4-6(13-8)17-7(10)11/h4,7H,3H2,1-2H3,(H,12,13,14,15). The van der Waals surface area contributed by atoms with Crippen LogP contribution in [0.1, 0.15) is 12.6 Å². The molecule has 0 saturated heterocycles. The van der Waals surface area contributed by atoms with Crippen LogP contribution >= 0.6 is 0 Å². The van der Waals surface area contributed by atoms with Gasteiger partial charge in [-0.25, -0.2) is 9.78 Å². The number of nitrogens with one attached hydrogen (secondary N) is 1. The van der Waals surface area contributed by atoms with Crippen molar-refractivity contribution in [3.63, 3.8) is 0 Å². The minimum atomic E-state index is -2.99. The molecule has 0 aliphatic rings. The summed E-state index contributed by atoms with van der Waals surface area (Å²) >= 11 is 0. The maximum atomic E-state index is 12.0.